The molecule has 30 heavy (non-hydrogen) atoms. The predicted molar refractivity (Wildman–Crippen MR) is 93.1 cm³/mol. The molecule has 2 aromatic rings. The molecule has 1 fully saturated rings. The van der Waals surface area contributed by atoms with Crippen LogP contribution < -0.4 is 4.74 Å². The molecule has 1 unspecified atom stereocenters. The third-order valence-corrected chi connectivity index (χ3v) is 5.30. The van der Waals surface area contributed by atoms with E-state index in [1.54, 1.807) is 0 Å². The number of carboxylic acids is 1. The molecule has 2 aromatic heterocycles. The van der Waals surface area contributed by atoms with Gasteiger partial charge in [0.1, 0.15) is 24.9 Å². The van der Waals surface area contributed by atoms with Crippen molar-refractivity contribution in [1.82, 2.24) is 19.5 Å². The van der Waals surface area contributed by atoms with Gasteiger partial charge in [-0.25, -0.2) is 14.8 Å². The number of carbonyl (C=O) groups is 1. The van der Waals surface area contributed by atoms with Crippen LogP contribution >= 0.6 is 7.60 Å². The molecule has 6 N–H and O–H groups in total. The fourth-order valence-electron chi connectivity index (χ4n) is 2.93. The van der Waals surface area contributed by atoms with Gasteiger partial charge >= 0.3 is 13.6 Å². The minimum Gasteiger partial charge on any atom is -0.479 e. The van der Waals surface area contributed by atoms with E-state index in [9.17, 15) is 24.7 Å². The van der Waals surface area contributed by atoms with Gasteiger partial charge in [-0.15, -0.1) is 0 Å². The minimum atomic E-state index is -5.13. The zero-order chi connectivity index (χ0) is 22.2. The van der Waals surface area contributed by atoms with Crippen molar-refractivity contribution in [3.63, 3.8) is 0 Å². The normalized spacial score (nSPS) is 25.5. The summed E-state index contributed by atoms with van der Waals surface area (Å²) < 4.78 is 27.8. The SMILES string of the molecule is COc1nc(CO)nc2c1ncn2[C@@H]1O[C@H](COC(C(=O)O)P(=O)(O)O)[C@@H](O)[C@H]1O. The molecule has 15 nitrogen and oxygen atoms in total. The number of ether oxygens (including phenoxy) is 3. The molecule has 3 rings (SSSR count). The van der Waals surface area contributed by atoms with E-state index in [4.69, 9.17) is 29.1 Å². The van der Waals surface area contributed by atoms with Crippen molar-refractivity contribution in [3.8, 4) is 5.88 Å². The van der Waals surface area contributed by atoms with Gasteiger partial charge in [-0.05, 0) is 0 Å². The summed E-state index contributed by atoms with van der Waals surface area (Å²) >= 11 is 0. The Labute approximate surface area is 167 Å². The summed E-state index contributed by atoms with van der Waals surface area (Å²) in [5.41, 5.74) is 0.300. The summed E-state index contributed by atoms with van der Waals surface area (Å²) in [6.45, 7) is -1.24. The van der Waals surface area contributed by atoms with Crippen LogP contribution in [0.3, 0.4) is 0 Å². The fraction of sp³-hybridized carbons (Fsp3) is 0.571. The van der Waals surface area contributed by atoms with Gasteiger partial charge in [0.2, 0.25) is 5.88 Å². The molecule has 0 bridgehead atoms. The quantitative estimate of drug-likeness (QED) is 0.230. The number of aromatic nitrogens is 4. The number of aliphatic hydroxyl groups is 3. The maximum Gasteiger partial charge on any atom is 0.365 e. The zero-order valence-electron chi connectivity index (χ0n) is 15.3. The monoisotopic (exact) mass is 450 g/mol. The van der Waals surface area contributed by atoms with Crippen LogP contribution in [0, 0.1) is 0 Å². The maximum atomic E-state index is 11.2. The lowest BCUT2D eigenvalue weighted by Crippen LogP contribution is -2.36. The lowest BCUT2D eigenvalue weighted by atomic mass is 10.1. The molecule has 16 heteroatoms. The molecule has 0 amide bonds. The first-order valence-corrected chi connectivity index (χ1v) is 10.1. The summed E-state index contributed by atoms with van der Waals surface area (Å²) in [4.78, 5) is 41.2. The van der Waals surface area contributed by atoms with Crippen molar-refractivity contribution in [1.29, 1.82) is 0 Å². The Balaban J connectivity index is 1.85. The summed E-state index contributed by atoms with van der Waals surface area (Å²) in [5.74, 6) is -4.29. The van der Waals surface area contributed by atoms with Crippen LogP contribution in [-0.2, 0) is 25.4 Å². The average molecular weight is 450 g/mol. The first-order chi connectivity index (χ1) is 14.1. The molecule has 1 saturated heterocycles. The molecular weight excluding hydrogens is 431 g/mol. The van der Waals surface area contributed by atoms with Gasteiger partial charge in [-0.3, -0.25) is 9.13 Å². The van der Waals surface area contributed by atoms with E-state index < -0.39 is 57.2 Å². The van der Waals surface area contributed by atoms with Gasteiger partial charge in [-0.1, -0.05) is 0 Å². The first kappa shape index (κ1) is 22.5. The Morgan fingerprint density at radius 2 is 2.03 bits per heavy atom. The number of hydrogen-bond donors (Lipinski definition) is 6. The van der Waals surface area contributed by atoms with Crippen LogP contribution in [0.4, 0.5) is 0 Å². The number of nitrogens with zero attached hydrogens (tertiary/aromatic N) is 4. The lowest BCUT2D eigenvalue weighted by molar-refractivity contribution is -0.149. The zero-order valence-corrected chi connectivity index (χ0v) is 16.2. The number of aliphatic hydroxyl groups excluding tert-OH is 3. The number of imidazole rings is 1. The Morgan fingerprint density at radius 1 is 1.33 bits per heavy atom. The molecular formula is C14H19N4O11P. The molecule has 1 aliphatic rings. The third-order valence-electron chi connectivity index (χ3n) is 4.32. The van der Waals surface area contributed by atoms with Gasteiger partial charge in [0.25, 0.3) is 5.85 Å². The third kappa shape index (κ3) is 4.14. The number of aliphatic carboxylic acids is 1. The van der Waals surface area contributed by atoms with Crippen LogP contribution in [0.2, 0.25) is 0 Å². The second-order valence-corrected chi connectivity index (χ2v) is 7.94. The largest absolute Gasteiger partial charge is 0.479 e. The van der Waals surface area contributed by atoms with E-state index in [1.165, 1.54) is 18.0 Å². The van der Waals surface area contributed by atoms with E-state index in [1.807, 2.05) is 0 Å². The minimum absolute atomic E-state index is 0.0000346. The first-order valence-electron chi connectivity index (χ1n) is 8.38. The van der Waals surface area contributed by atoms with Crippen LogP contribution in [0.5, 0.6) is 5.88 Å². The fourth-order valence-corrected chi connectivity index (χ4v) is 3.50. The van der Waals surface area contributed by atoms with Gasteiger partial charge < -0.3 is 44.4 Å². The smallest absolute Gasteiger partial charge is 0.365 e. The summed E-state index contributed by atoms with van der Waals surface area (Å²) in [5, 5.41) is 38.8. The maximum absolute atomic E-state index is 11.2. The van der Waals surface area contributed by atoms with Crippen LogP contribution in [0.15, 0.2) is 6.33 Å². The second kappa shape index (κ2) is 8.49. The summed E-state index contributed by atoms with van der Waals surface area (Å²) in [6, 6.07) is 0. The van der Waals surface area contributed by atoms with Gasteiger partial charge in [0.05, 0.1) is 20.0 Å². The standard InChI is InChI=1S/C14H19N4O11P/c1-27-11-7-10(16-6(2-19)17-11)18(4-15-7)12-9(21)8(20)5(29-12)3-28-14(13(22)23)30(24,25)26/h4-5,8-9,12,14,19-21H,2-3H2,1H3,(H,22,23)(H2,24,25,26)/t5-,8-,9-,12-,14?/m1/s1. The number of carboxylic acid groups (broad SMARTS) is 1. The molecule has 0 spiro atoms. The molecule has 3 heterocycles. The number of hydrogen-bond acceptors (Lipinski definition) is 11. The molecule has 0 radical (unpaired) electrons. The van der Waals surface area contributed by atoms with Crippen molar-refractivity contribution >= 4 is 24.7 Å². The van der Waals surface area contributed by atoms with Crippen molar-refractivity contribution < 1.29 is 53.8 Å². The Bertz CT molecular complexity index is 978. The second-order valence-electron chi connectivity index (χ2n) is 6.29. The lowest BCUT2D eigenvalue weighted by Gasteiger charge is -2.19. The molecule has 166 valence electrons. The summed E-state index contributed by atoms with van der Waals surface area (Å²) in [6.07, 6.45) is -4.49. The van der Waals surface area contributed by atoms with E-state index in [0.29, 0.717) is 0 Å². The highest BCUT2D eigenvalue weighted by atomic mass is 31.2. The highest BCUT2D eigenvalue weighted by Crippen LogP contribution is 2.42. The Kier molecular flexibility index (Phi) is 6.35. The van der Waals surface area contributed by atoms with Gasteiger partial charge in [-0.2, -0.15) is 4.98 Å². The molecule has 0 saturated carbocycles. The van der Waals surface area contributed by atoms with Crippen LogP contribution in [0.25, 0.3) is 11.2 Å². The summed E-state index contributed by atoms with van der Waals surface area (Å²) in [7, 11) is -3.80. The topological polar surface area (TPSA) is 227 Å². The Morgan fingerprint density at radius 3 is 2.60 bits per heavy atom. The van der Waals surface area contributed by atoms with E-state index in [-0.39, 0.29) is 22.9 Å². The molecule has 0 aromatic carbocycles. The van der Waals surface area contributed by atoms with Crippen molar-refractivity contribution in [3.05, 3.63) is 12.2 Å². The van der Waals surface area contributed by atoms with Crippen molar-refractivity contribution in [2.24, 2.45) is 0 Å². The van der Waals surface area contributed by atoms with Crippen LogP contribution in [-0.4, -0.2) is 93.6 Å². The van der Waals surface area contributed by atoms with Gasteiger partial charge in [0.15, 0.2) is 23.2 Å². The van der Waals surface area contributed by atoms with Crippen molar-refractivity contribution in [2.45, 2.75) is 37.0 Å². The van der Waals surface area contributed by atoms with E-state index in [0.717, 1.165) is 0 Å². The molecule has 0 aliphatic carbocycles. The highest BCUT2D eigenvalue weighted by Gasteiger charge is 2.46. The number of rotatable bonds is 8. The average Bonchev–Trinajstić information content (AvgIpc) is 3.22. The van der Waals surface area contributed by atoms with E-state index >= 15 is 0 Å². The van der Waals surface area contributed by atoms with E-state index in [2.05, 4.69) is 15.0 Å². The Hall–Kier alpha value is -2.23. The highest BCUT2D eigenvalue weighted by molar-refractivity contribution is 7.53. The number of methoxy groups -OCH3 is 1. The predicted octanol–water partition coefficient (Wildman–Crippen LogP) is -2.45. The molecule has 5 atom stereocenters. The van der Waals surface area contributed by atoms with Gasteiger partial charge in [0, 0.05) is 0 Å². The number of fused-ring (bicyclic) bond motifs is 1. The van der Waals surface area contributed by atoms with Crippen molar-refractivity contribution in [2.75, 3.05) is 13.7 Å². The molecule has 1 aliphatic heterocycles. The van der Waals surface area contributed by atoms with Crippen LogP contribution in [0.1, 0.15) is 12.1 Å².